The van der Waals surface area contributed by atoms with E-state index >= 15 is 0 Å². The Labute approximate surface area is 67.1 Å². The van der Waals surface area contributed by atoms with Gasteiger partial charge in [-0.15, -0.1) is 0 Å². The Morgan fingerprint density at radius 1 is 1.45 bits per heavy atom. The van der Waals surface area contributed by atoms with Crippen molar-refractivity contribution in [1.82, 2.24) is 5.32 Å². The number of hydrogen-bond donors (Lipinski definition) is 1. The molecular formula is C8H15NO2. The van der Waals surface area contributed by atoms with Crippen molar-refractivity contribution < 1.29 is 9.47 Å². The molecule has 0 aromatic heterocycles. The predicted molar refractivity (Wildman–Crippen MR) is 40.9 cm³/mol. The first-order chi connectivity index (χ1) is 5.27. The zero-order valence-electron chi connectivity index (χ0n) is 7.04. The first-order valence-electron chi connectivity index (χ1n) is 4.28. The highest BCUT2D eigenvalue weighted by atomic mass is 16.8. The maximum absolute atomic E-state index is 5.47. The van der Waals surface area contributed by atoms with E-state index in [-0.39, 0.29) is 12.5 Å². The zero-order valence-corrected chi connectivity index (χ0v) is 7.04. The van der Waals surface area contributed by atoms with Crippen LogP contribution in [0.4, 0.5) is 0 Å². The smallest absolute Gasteiger partial charge is 0.199 e. The van der Waals surface area contributed by atoms with Gasteiger partial charge in [0.2, 0.25) is 0 Å². The van der Waals surface area contributed by atoms with Crippen LogP contribution >= 0.6 is 0 Å². The van der Waals surface area contributed by atoms with E-state index in [0.717, 1.165) is 13.2 Å². The molecule has 2 rings (SSSR count). The van der Waals surface area contributed by atoms with Crippen molar-refractivity contribution in [2.45, 2.75) is 26.4 Å². The standard InChI is InChI=1S/C8H15NO2/c1-5(2)6-3-9-7-8(11-7)10-4-6/h5-9H,3-4H2,1-2H3. The highest BCUT2D eigenvalue weighted by Crippen LogP contribution is 2.26. The number of ether oxygens (including phenoxy) is 2. The summed E-state index contributed by atoms with van der Waals surface area (Å²) in [5, 5.41) is 3.30. The molecule has 11 heavy (non-hydrogen) atoms. The molecule has 3 nitrogen and oxygen atoms in total. The molecule has 64 valence electrons. The summed E-state index contributed by atoms with van der Waals surface area (Å²) in [6.45, 7) is 6.33. The summed E-state index contributed by atoms with van der Waals surface area (Å²) in [6, 6.07) is 0. The molecule has 2 saturated heterocycles. The molecule has 2 aliphatic heterocycles. The van der Waals surface area contributed by atoms with Crippen LogP contribution in [-0.2, 0) is 9.47 Å². The van der Waals surface area contributed by atoms with E-state index < -0.39 is 0 Å². The first kappa shape index (κ1) is 7.53. The van der Waals surface area contributed by atoms with Gasteiger partial charge in [-0.05, 0) is 11.8 Å². The molecule has 0 aromatic rings. The van der Waals surface area contributed by atoms with Gasteiger partial charge in [0.25, 0.3) is 0 Å². The SMILES string of the molecule is CC(C)C1CNC2OC2OC1. The maximum atomic E-state index is 5.47. The van der Waals surface area contributed by atoms with E-state index in [4.69, 9.17) is 9.47 Å². The second-order valence-corrected chi connectivity index (χ2v) is 3.67. The Morgan fingerprint density at radius 2 is 2.27 bits per heavy atom. The molecule has 2 heterocycles. The summed E-state index contributed by atoms with van der Waals surface area (Å²) in [5.74, 6) is 1.34. The van der Waals surface area contributed by atoms with Crippen LogP contribution < -0.4 is 5.32 Å². The summed E-state index contributed by atoms with van der Waals surface area (Å²) < 4.78 is 10.6. The van der Waals surface area contributed by atoms with Gasteiger partial charge in [-0.3, -0.25) is 5.32 Å². The molecule has 3 heteroatoms. The minimum absolute atomic E-state index is 0.0544. The summed E-state index contributed by atoms with van der Waals surface area (Å²) in [6.07, 6.45) is 0.248. The van der Waals surface area contributed by atoms with E-state index in [0.29, 0.717) is 11.8 Å². The molecule has 1 N–H and O–H groups in total. The lowest BCUT2D eigenvalue weighted by atomic mass is 9.97. The second kappa shape index (κ2) is 2.73. The average Bonchev–Trinajstić information content (AvgIpc) is 2.60. The molecule has 0 amide bonds. The fraction of sp³-hybridized carbons (Fsp3) is 1.00. The molecule has 0 saturated carbocycles. The third kappa shape index (κ3) is 1.55. The zero-order chi connectivity index (χ0) is 7.84. The van der Waals surface area contributed by atoms with Gasteiger partial charge in [-0.2, -0.15) is 0 Å². The Kier molecular flexibility index (Phi) is 1.87. The van der Waals surface area contributed by atoms with Gasteiger partial charge in [0.1, 0.15) is 0 Å². The number of hydrogen-bond acceptors (Lipinski definition) is 3. The van der Waals surface area contributed by atoms with Crippen LogP contribution in [0.1, 0.15) is 13.8 Å². The fourth-order valence-electron chi connectivity index (χ4n) is 1.34. The van der Waals surface area contributed by atoms with Crippen LogP contribution in [0.15, 0.2) is 0 Å². The minimum atomic E-state index is 0.0544. The van der Waals surface area contributed by atoms with Crippen molar-refractivity contribution in [3.05, 3.63) is 0 Å². The van der Waals surface area contributed by atoms with Crippen molar-refractivity contribution in [3.8, 4) is 0 Å². The molecule has 0 spiro atoms. The van der Waals surface area contributed by atoms with Crippen LogP contribution in [0, 0.1) is 11.8 Å². The molecule has 2 aliphatic rings. The Balaban J connectivity index is 1.86. The number of rotatable bonds is 1. The van der Waals surface area contributed by atoms with E-state index in [1.54, 1.807) is 0 Å². The van der Waals surface area contributed by atoms with Gasteiger partial charge >= 0.3 is 0 Å². The van der Waals surface area contributed by atoms with Crippen LogP contribution in [0.25, 0.3) is 0 Å². The van der Waals surface area contributed by atoms with Crippen LogP contribution in [-0.4, -0.2) is 25.7 Å². The van der Waals surface area contributed by atoms with E-state index in [9.17, 15) is 0 Å². The third-order valence-corrected chi connectivity index (χ3v) is 2.45. The van der Waals surface area contributed by atoms with Gasteiger partial charge in [-0.1, -0.05) is 13.8 Å². The van der Waals surface area contributed by atoms with E-state index in [2.05, 4.69) is 19.2 Å². The number of fused-ring (bicyclic) bond motifs is 1. The van der Waals surface area contributed by atoms with Crippen LogP contribution in [0.5, 0.6) is 0 Å². The Morgan fingerprint density at radius 3 is 3.00 bits per heavy atom. The predicted octanol–water partition coefficient (Wildman–Crippen LogP) is 0.561. The van der Waals surface area contributed by atoms with Crippen LogP contribution in [0.3, 0.4) is 0 Å². The lowest BCUT2D eigenvalue weighted by molar-refractivity contribution is 0.0196. The Hall–Kier alpha value is -0.120. The molecule has 0 radical (unpaired) electrons. The van der Waals surface area contributed by atoms with Gasteiger partial charge < -0.3 is 9.47 Å². The molecule has 0 aliphatic carbocycles. The molecule has 3 unspecified atom stereocenters. The average molecular weight is 157 g/mol. The molecule has 3 atom stereocenters. The quantitative estimate of drug-likeness (QED) is 0.565. The highest BCUT2D eigenvalue weighted by Gasteiger charge is 2.42. The van der Waals surface area contributed by atoms with Crippen molar-refractivity contribution in [2.24, 2.45) is 11.8 Å². The van der Waals surface area contributed by atoms with Crippen molar-refractivity contribution in [3.63, 3.8) is 0 Å². The van der Waals surface area contributed by atoms with Gasteiger partial charge in [0.15, 0.2) is 12.5 Å². The van der Waals surface area contributed by atoms with E-state index in [1.807, 2.05) is 0 Å². The van der Waals surface area contributed by atoms with Crippen molar-refractivity contribution >= 4 is 0 Å². The second-order valence-electron chi connectivity index (χ2n) is 3.67. The Bertz CT molecular complexity index is 137. The summed E-state index contributed by atoms with van der Waals surface area (Å²) in [5.41, 5.74) is 0. The van der Waals surface area contributed by atoms with Crippen LogP contribution in [0.2, 0.25) is 0 Å². The first-order valence-corrected chi connectivity index (χ1v) is 4.28. The summed E-state index contributed by atoms with van der Waals surface area (Å²) >= 11 is 0. The summed E-state index contributed by atoms with van der Waals surface area (Å²) in [7, 11) is 0. The third-order valence-electron chi connectivity index (χ3n) is 2.45. The van der Waals surface area contributed by atoms with Crippen molar-refractivity contribution in [2.75, 3.05) is 13.2 Å². The van der Waals surface area contributed by atoms with E-state index in [1.165, 1.54) is 0 Å². The molecule has 0 aromatic carbocycles. The summed E-state index contributed by atoms with van der Waals surface area (Å²) in [4.78, 5) is 0. The lowest BCUT2D eigenvalue weighted by Crippen LogP contribution is -2.28. The molecule has 2 fully saturated rings. The van der Waals surface area contributed by atoms with Crippen molar-refractivity contribution in [1.29, 1.82) is 0 Å². The molecule has 0 bridgehead atoms. The fourth-order valence-corrected chi connectivity index (χ4v) is 1.34. The number of nitrogens with one attached hydrogen (secondary N) is 1. The largest absolute Gasteiger partial charge is 0.348 e. The topological polar surface area (TPSA) is 33.8 Å². The normalized spacial score (nSPS) is 43.4. The maximum Gasteiger partial charge on any atom is 0.199 e. The minimum Gasteiger partial charge on any atom is -0.348 e. The monoisotopic (exact) mass is 157 g/mol. The lowest BCUT2D eigenvalue weighted by Gasteiger charge is -2.18. The van der Waals surface area contributed by atoms with Gasteiger partial charge in [0, 0.05) is 6.54 Å². The van der Waals surface area contributed by atoms with Gasteiger partial charge in [0.05, 0.1) is 6.61 Å². The highest BCUT2D eigenvalue weighted by molar-refractivity contribution is 4.80. The molecular weight excluding hydrogens is 142 g/mol. The van der Waals surface area contributed by atoms with Gasteiger partial charge in [-0.25, -0.2) is 0 Å². The number of epoxide rings is 1.